The van der Waals surface area contributed by atoms with Gasteiger partial charge in [0.1, 0.15) is 0 Å². The van der Waals surface area contributed by atoms with Gasteiger partial charge in [-0.25, -0.2) is 0 Å². The highest BCUT2D eigenvalue weighted by molar-refractivity contribution is 5.05. The molecule has 1 unspecified atom stereocenters. The molecule has 0 aromatic heterocycles. The van der Waals surface area contributed by atoms with E-state index >= 15 is 0 Å². The molecule has 0 radical (unpaired) electrons. The zero-order valence-corrected chi connectivity index (χ0v) is 9.42. The van der Waals surface area contributed by atoms with Gasteiger partial charge >= 0.3 is 0 Å². The smallest absolute Gasteiger partial charge is 0.166 e. The topological polar surface area (TPSA) is 48.5 Å². The van der Waals surface area contributed by atoms with E-state index < -0.39 is 5.54 Å². The van der Waals surface area contributed by atoms with Crippen LogP contribution in [0.2, 0.25) is 0 Å². The summed E-state index contributed by atoms with van der Waals surface area (Å²) in [5.41, 5.74) is -0.889. The monoisotopic (exact) mass is 181 g/mol. The second-order valence-electron chi connectivity index (χ2n) is 4.78. The average molecular weight is 181 g/mol. The normalized spacial score (nSPS) is 17.4. The van der Waals surface area contributed by atoms with Crippen LogP contribution >= 0.6 is 0 Å². The van der Waals surface area contributed by atoms with E-state index in [-0.39, 0.29) is 11.5 Å². The lowest BCUT2D eigenvalue weighted by molar-refractivity contribution is 0.388. The molecule has 0 N–H and O–H groups in total. The van der Waals surface area contributed by atoms with Gasteiger partial charge in [-0.2, -0.15) is 15.5 Å². The predicted molar refractivity (Wildman–Crippen MR) is 53.5 cm³/mol. The SMILES string of the molecule is CC(C)C(C)(C#N)N=NC(C)(C)C. The molecule has 3 nitrogen and oxygen atoms in total. The van der Waals surface area contributed by atoms with E-state index in [2.05, 4.69) is 16.3 Å². The summed E-state index contributed by atoms with van der Waals surface area (Å²) in [4.78, 5) is 0. The Bertz CT molecular complexity index is 230. The van der Waals surface area contributed by atoms with Crippen molar-refractivity contribution >= 4 is 0 Å². The Hall–Kier alpha value is -0.910. The first kappa shape index (κ1) is 12.1. The van der Waals surface area contributed by atoms with E-state index in [1.807, 2.05) is 41.5 Å². The molecule has 0 aromatic rings. The molecular formula is C10H19N3. The van der Waals surface area contributed by atoms with Crippen LogP contribution in [0.4, 0.5) is 0 Å². The molecule has 0 heterocycles. The number of rotatable bonds is 2. The summed E-state index contributed by atoms with van der Waals surface area (Å²) in [6.07, 6.45) is 0. The number of nitriles is 1. The summed E-state index contributed by atoms with van der Waals surface area (Å²) >= 11 is 0. The van der Waals surface area contributed by atoms with Crippen LogP contribution in [0, 0.1) is 17.2 Å². The van der Waals surface area contributed by atoms with E-state index in [1.54, 1.807) is 0 Å². The molecule has 74 valence electrons. The summed E-state index contributed by atoms with van der Waals surface area (Å²) in [6.45, 7) is 11.7. The Morgan fingerprint density at radius 2 is 1.54 bits per heavy atom. The minimum atomic E-state index is -0.687. The van der Waals surface area contributed by atoms with Crippen molar-refractivity contribution in [3.8, 4) is 6.07 Å². The Morgan fingerprint density at radius 3 is 1.77 bits per heavy atom. The zero-order valence-electron chi connectivity index (χ0n) is 9.42. The van der Waals surface area contributed by atoms with Gasteiger partial charge < -0.3 is 0 Å². The minimum Gasteiger partial charge on any atom is -0.196 e. The van der Waals surface area contributed by atoms with E-state index in [9.17, 15) is 0 Å². The molecular weight excluding hydrogens is 162 g/mol. The fraction of sp³-hybridized carbons (Fsp3) is 0.900. The van der Waals surface area contributed by atoms with Gasteiger partial charge in [-0.05, 0) is 33.6 Å². The third kappa shape index (κ3) is 4.02. The number of hydrogen-bond donors (Lipinski definition) is 0. The first-order valence-electron chi connectivity index (χ1n) is 4.56. The number of nitrogens with zero attached hydrogens (tertiary/aromatic N) is 3. The van der Waals surface area contributed by atoms with Crippen molar-refractivity contribution in [1.82, 2.24) is 0 Å². The first-order chi connectivity index (χ1) is 5.71. The molecule has 0 saturated carbocycles. The van der Waals surface area contributed by atoms with Crippen molar-refractivity contribution in [2.75, 3.05) is 0 Å². The molecule has 3 heteroatoms. The zero-order chi connectivity index (χ0) is 10.7. The van der Waals surface area contributed by atoms with Gasteiger partial charge in [0.15, 0.2) is 5.54 Å². The molecule has 0 aromatic carbocycles. The molecule has 13 heavy (non-hydrogen) atoms. The van der Waals surface area contributed by atoms with Crippen LogP contribution in [0.25, 0.3) is 0 Å². The van der Waals surface area contributed by atoms with Crippen molar-refractivity contribution in [1.29, 1.82) is 5.26 Å². The standard InChI is InChI=1S/C10H19N3/c1-8(2)10(6,7-11)13-12-9(3,4)5/h8H,1-6H3. The average Bonchev–Trinajstić information content (AvgIpc) is 1.98. The fourth-order valence-corrected chi connectivity index (χ4v) is 0.521. The number of hydrogen-bond acceptors (Lipinski definition) is 3. The highest BCUT2D eigenvalue weighted by atomic mass is 15.2. The van der Waals surface area contributed by atoms with Crippen LogP contribution < -0.4 is 0 Å². The predicted octanol–water partition coefficient (Wildman–Crippen LogP) is 3.18. The van der Waals surface area contributed by atoms with E-state index in [4.69, 9.17) is 5.26 Å². The Labute approximate surface area is 80.9 Å². The molecule has 0 rings (SSSR count). The lowest BCUT2D eigenvalue weighted by atomic mass is 9.91. The van der Waals surface area contributed by atoms with Crippen molar-refractivity contribution in [3.05, 3.63) is 0 Å². The Balaban J connectivity index is 4.67. The third-order valence-corrected chi connectivity index (χ3v) is 1.91. The van der Waals surface area contributed by atoms with Crippen molar-refractivity contribution in [3.63, 3.8) is 0 Å². The summed E-state index contributed by atoms with van der Waals surface area (Å²) in [5, 5.41) is 17.2. The van der Waals surface area contributed by atoms with Crippen LogP contribution in [0.15, 0.2) is 10.2 Å². The summed E-state index contributed by atoms with van der Waals surface area (Å²) in [5.74, 6) is 0.184. The largest absolute Gasteiger partial charge is 0.196 e. The molecule has 0 fully saturated rings. The van der Waals surface area contributed by atoms with Crippen LogP contribution in [0.3, 0.4) is 0 Å². The summed E-state index contributed by atoms with van der Waals surface area (Å²) < 4.78 is 0. The molecule has 0 spiro atoms. The molecule has 0 saturated heterocycles. The van der Waals surface area contributed by atoms with Crippen molar-refractivity contribution < 1.29 is 0 Å². The highest BCUT2D eigenvalue weighted by Crippen LogP contribution is 2.22. The van der Waals surface area contributed by atoms with Crippen LogP contribution in [0.1, 0.15) is 41.5 Å². The van der Waals surface area contributed by atoms with E-state index in [0.717, 1.165) is 0 Å². The maximum atomic E-state index is 8.95. The van der Waals surface area contributed by atoms with Gasteiger partial charge in [-0.1, -0.05) is 13.8 Å². The first-order valence-corrected chi connectivity index (χ1v) is 4.56. The molecule has 0 amide bonds. The molecule has 0 aliphatic carbocycles. The molecule has 1 atom stereocenters. The summed E-state index contributed by atoms with van der Waals surface area (Å²) in [7, 11) is 0. The third-order valence-electron chi connectivity index (χ3n) is 1.91. The van der Waals surface area contributed by atoms with E-state index in [1.165, 1.54) is 0 Å². The minimum absolute atomic E-state index is 0.184. The second kappa shape index (κ2) is 3.87. The number of azo groups is 1. The fourth-order valence-electron chi connectivity index (χ4n) is 0.521. The molecule has 0 aliphatic heterocycles. The van der Waals surface area contributed by atoms with E-state index in [0.29, 0.717) is 0 Å². The maximum absolute atomic E-state index is 8.95. The van der Waals surface area contributed by atoms with Gasteiger partial charge in [0.05, 0.1) is 11.6 Å². The van der Waals surface area contributed by atoms with Gasteiger partial charge in [0.2, 0.25) is 0 Å². The Kier molecular flexibility index (Phi) is 3.60. The van der Waals surface area contributed by atoms with Crippen LogP contribution in [-0.4, -0.2) is 11.1 Å². The molecule has 0 bridgehead atoms. The van der Waals surface area contributed by atoms with Gasteiger partial charge in [0.25, 0.3) is 0 Å². The van der Waals surface area contributed by atoms with Crippen LogP contribution in [-0.2, 0) is 0 Å². The van der Waals surface area contributed by atoms with Gasteiger partial charge in [0, 0.05) is 0 Å². The lowest BCUT2D eigenvalue weighted by Gasteiger charge is -2.21. The van der Waals surface area contributed by atoms with Gasteiger partial charge in [-0.3, -0.25) is 0 Å². The quantitative estimate of drug-likeness (QED) is 0.603. The van der Waals surface area contributed by atoms with Crippen molar-refractivity contribution in [2.45, 2.75) is 52.6 Å². The lowest BCUT2D eigenvalue weighted by Crippen LogP contribution is -2.27. The van der Waals surface area contributed by atoms with Crippen molar-refractivity contribution in [2.24, 2.45) is 16.1 Å². The van der Waals surface area contributed by atoms with Gasteiger partial charge in [-0.15, -0.1) is 0 Å². The Morgan fingerprint density at radius 1 is 1.08 bits per heavy atom. The summed E-state index contributed by atoms with van der Waals surface area (Å²) in [6, 6.07) is 2.19. The highest BCUT2D eigenvalue weighted by Gasteiger charge is 2.28. The molecule has 0 aliphatic rings. The second-order valence-corrected chi connectivity index (χ2v) is 4.78. The maximum Gasteiger partial charge on any atom is 0.166 e. The van der Waals surface area contributed by atoms with Crippen LogP contribution in [0.5, 0.6) is 0 Å².